The van der Waals surface area contributed by atoms with E-state index in [-0.39, 0.29) is 0 Å². The molecule has 0 aliphatic heterocycles. The van der Waals surface area contributed by atoms with Crippen molar-refractivity contribution in [3.63, 3.8) is 0 Å². The van der Waals surface area contributed by atoms with Crippen molar-refractivity contribution in [2.24, 2.45) is 10.7 Å². The normalized spacial score (nSPS) is 10.9. The van der Waals surface area contributed by atoms with Gasteiger partial charge < -0.3 is 25.8 Å². The second-order valence-corrected chi connectivity index (χ2v) is 5.44. The Morgan fingerprint density at radius 3 is 2.50 bits per heavy atom. The van der Waals surface area contributed by atoms with Crippen molar-refractivity contribution in [1.82, 2.24) is 10.6 Å². The summed E-state index contributed by atoms with van der Waals surface area (Å²) in [5.41, 5.74) is 6.72. The van der Waals surface area contributed by atoms with E-state index in [0.29, 0.717) is 31.2 Å². The van der Waals surface area contributed by atoms with E-state index in [0.717, 1.165) is 17.1 Å². The molecule has 0 atom stereocenters. The Morgan fingerprint density at radius 2 is 1.85 bits per heavy atom. The number of ether oxygens (including phenoxy) is 2. The van der Waals surface area contributed by atoms with Crippen LogP contribution in [-0.2, 0) is 6.54 Å². The number of aliphatic imine (C=N–C) groups is 1. The van der Waals surface area contributed by atoms with Gasteiger partial charge in [0.1, 0.15) is 18.1 Å². The molecule has 1 amide bonds. The van der Waals surface area contributed by atoms with Crippen LogP contribution in [-0.4, -0.2) is 39.2 Å². The largest absolute Gasteiger partial charge is 0.497 e. The van der Waals surface area contributed by atoms with Gasteiger partial charge in [0.2, 0.25) is 5.91 Å². The zero-order valence-electron chi connectivity index (χ0n) is 15.0. The summed E-state index contributed by atoms with van der Waals surface area (Å²) >= 11 is 0. The summed E-state index contributed by atoms with van der Waals surface area (Å²) in [5.74, 6) is 1.78. The number of nitrogens with one attached hydrogen (secondary N) is 2. The third-order valence-corrected chi connectivity index (χ3v) is 3.62. The molecule has 0 fully saturated rings. The van der Waals surface area contributed by atoms with Crippen LogP contribution in [0.4, 0.5) is 0 Å². The number of benzene rings is 2. The molecule has 0 bridgehead atoms. The maximum Gasteiger partial charge on any atom is 0.248 e. The predicted molar refractivity (Wildman–Crippen MR) is 102 cm³/mol. The number of hydrogen-bond acceptors (Lipinski definition) is 4. The molecular weight excluding hydrogens is 332 g/mol. The molecule has 0 unspecified atom stereocenters. The minimum absolute atomic E-state index is 0.440. The smallest absolute Gasteiger partial charge is 0.248 e. The van der Waals surface area contributed by atoms with Gasteiger partial charge in [-0.15, -0.1) is 0 Å². The Labute approximate surface area is 153 Å². The molecule has 26 heavy (non-hydrogen) atoms. The third kappa shape index (κ3) is 6.01. The van der Waals surface area contributed by atoms with E-state index in [1.165, 1.54) is 0 Å². The van der Waals surface area contributed by atoms with E-state index in [2.05, 4.69) is 15.6 Å². The van der Waals surface area contributed by atoms with Crippen molar-refractivity contribution in [3.8, 4) is 11.5 Å². The Hall–Kier alpha value is -3.22. The van der Waals surface area contributed by atoms with Crippen LogP contribution in [0.5, 0.6) is 11.5 Å². The van der Waals surface area contributed by atoms with Crippen LogP contribution >= 0.6 is 0 Å². The molecule has 0 aliphatic carbocycles. The second kappa shape index (κ2) is 9.93. The van der Waals surface area contributed by atoms with Gasteiger partial charge in [0.25, 0.3) is 0 Å². The van der Waals surface area contributed by atoms with Crippen molar-refractivity contribution >= 4 is 11.9 Å². The molecule has 0 heterocycles. The summed E-state index contributed by atoms with van der Waals surface area (Å²) in [6.07, 6.45) is 0. The van der Waals surface area contributed by atoms with Crippen LogP contribution in [0, 0.1) is 0 Å². The van der Waals surface area contributed by atoms with Crippen LogP contribution in [0.2, 0.25) is 0 Å². The van der Waals surface area contributed by atoms with Crippen LogP contribution in [0.15, 0.2) is 53.5 Å². The number of carbonyl (C=O) groups excluding carboxylic acids is 1. The fraction of sp³-hybridized carbons (Fsp3) is 0.263. The number of carbonyl (C=O) groups is 1. The molecule has 0 spiro atoms. The van der Waals surface area contributed by atoms with Gasteiger partial charge in [-0.1, -0.05) is 12.1 Å². The van der Waals surface area contributed by atoms with E-state index in [9.17, 15) is 4.79 Å². The number of amides is 1. The fourth-order valence-corrected chi connectivity index (χ4v) is 2.25. The van der Waals surface area contributed by atoms with Gasteiger partial charge in [0.05, 0.1) is 13.7 Å². The van der Waals surface area contributed by atoms with Gasteiger partial charge in [-0.3, -0.25) is 9.79 Å². The summed E-state index contributed by atoms with van der Waals surface area (Å²) < 4.78 is 10.8. The van der Waals surface area contributed by atoms with E-state index in [4.69, 9.17) is 15.2 Å². The van der Waals surface area contributed by atoms with Crippen LogP contribution in [0.3, 0.4) is 0 Å². The van der Waals surface area contributed by atoms with Gasteiger partial charge in [0, 0.05) is 19.2 Å². The lowest BCUT2D eigenvalue weighted by Crippen LogP contribution is -2.38. The van der Waals surface area contributed by atoms with Gasteiger partial charge in [-0.25, -0.2) is 0 Å². The molecule has 0 aliphatic rings. The molecular formula is C19H24N4O3. The van der Waals surface area contributed by atoms with Crippen molar-refractivity contribution < 1.29 is 14.3 Å². The number of nitrogens with two attached hydrogens (primary N) is 1. The molecule has 138 valence electrons. The third-order valence-electron chi connectivity index (χ3n) is 3.62. The highest BCUT2D eigenvalue weighted by molar-refractivity contribution is 5.92. The summed E-state index contributed by atoms with van der Waals surface area (Å²) in [5, 5.41) is 6.35. The van der Waals surface area contributed by atoms with Gasteiger partial charge in [0.15, 0.2) is 5.96 Å². The van der Waals surface area contributed by atoms with Crippen LogP contribution in [0.25, 0.3) is 0 Å². The van der Waals surface area contributed by atoms with E-state index in [1.54, 1.807) is 32.4 Å². The fourth-order valence-electron chi connectivity index (χ4n) is 2.25. The lowest BCUT2D eigenvalue weighted by molar-refractivity contribution is 0.1000. The van der Waals surface area contributed by atoms with Crippen LogP contribution in [0.1, 0.15) is 15.9 Å². The maximum atomic E-state index is 11.2. The molecule has 4 N–H and O–H groups in total. The quantitative estimate of drug-likeness (QED) is 0.379. The summed E-state index contributed by atoms with van der Waals surface area (Å²) in [6.45, 7) is 1.61. The zero-order valence-corrected chi connectivity index (χ0v) is 15.0. The number of rotatable bonds is 8. The first-order valence-corrected chi connectivity index (χ1v) is 8.22. The first-order chi connectivity index (χ1) is 12.6. The molecule has 2 aromatic carbocycles. The molecule has 7 nitrogen and oxygen atoms in total. The van der Waals surface area contributed by atoms with E-state index < -0.39 is 5.91 Å². The highest BCUT2D eigenvalue weighted by Gasteiger charge is 2.03. The predicted octanol–water partition coefficient (Wildman–Crippen LogP) is 1.54. The topological polar surface area (TPSA) is 98.0 Å². The highest BCUT2D eigenvalue weighted by atomic mass is 16.5. The molecule has 2 rings (SSSR count). The number of primary amides is 1. The first-order valence-electron chi connectivity index (χ1n) is 8.22. The monoisotopic (exact) mass is 356 g/mol. The number of nitrogens with zero attached hydrogens (tertiary/aromatic N) is 1. The highest BCUT2D eigenvalue weighted by Crippen LogP contribution is 2.16. The number of hydrogen-bond donors (Lipinski definition) is 3. The van der Waals surface area contributed by atoms with Gasteiger partial charge >= 0.3 is 0 Å². The summed E-state index contributed by atoms with van der Waals surface area (Å²) in [6, 6.07) is 14.6. The lowest BCUT2D eigenvalue weighted by Gasteiger charge is -2.13. The minimum atomic E-state index is -0.440. The number of methoxy groups -OCH3 is 1. The summed E-state index contributed by atoms with van der Waals surface area (Å²) in [7, 11) is 3.32. The van der Waals surface area contributed by atoms with Crippen molar-refractivity contribution in [2.45, 2.75) is 6.54 Å². The van der Waals surface area contributed by atoms with Crippen molar-refractivity contribution in [2.75, 3.05) is 27.3 Å². The molecule has 2 aromatic rings. The van der Waals surface area contributed by atoms with E-state index in [1.807, 2.05) is 30.3 Å². The SMILES string of the molecule is CN=C(NCCOc1ccc(OC)cc1)NCc1cccc(C(N)=O)c1. The van der Waals surface area contributed by atoms with Crippen molar-refractivity contribution in [3.05, 3.63) is 59.7 Å². The Bertz CT molecular complexity index is 745. The minimum Gasteiger partial charge on any atom is -0.497 e. The lowest BCUT2D eigenvalue weighted by atomic mass is 10.1. The van der Waals surface area contributed by atoms with E-state index >= 15 is 0 Å². The average Bonchev–Trinajstić information content (AvgIpc) is 2.68. The standard InChI is InChI=1S/C19H24N4O3/c1-21-19(23-13-14-4-3-5-15(12-14)18(20)24)22-10-11-26-17-8-6-16(25-2)7-9-17/h3-9,12H,10-11,13H2,1-2H3,(H2,20,24)(H2,21,22,23). The Balaban J connectivity index is 1.73. The Morgan fingerprint density at radius 1 is 1.12 bits per heavy atom. The zero-order chi connectivity index (χ0) is 18.8. The molecule has 0 radical (unpaired) electrons. The maximum absolute atomic E-state index is 11.2. The van der Waals surface area contributed by atoms with Crippen molar-refractivity contribution in [1.29, 1.82) is 0 Å². The molecule has 0 saturated carbocycles. The van der Waals surface area contributed by atoms with Gasteiger partial charge in [-0.2, -0.15) is 0 Å². The summed E-state index contributed by atoms with van der Waals surface area (Å²) in [4.78, 5) is 15.4. The second-order valence-electron chi connectivity index (χ2n) is 5.44. The average molecular weight is 356 g/mol. The molecule has 7 heteroatoms. The number of guanidine groups is 1. The molecule has 0 saturated heterocycles. The van der Waals surface area contributed by atoms with Gasteiger partial charge in [-0.05, 0) is 42.0 Å². The van der Waals surface area contributed by atoms with Crippen LogP contribution < -0.4 is 25.8 Å². The molecule has 0 aromatic heterocycles. The first kappa shape index (κ1) is 19.1. The Kier molecular flexibility index (Phi) is 7.30.